The van der Waals surface area contributed by atoms with Gasteiger partial charge in [-0.1, -0.05) is 17.7 Å². The molecule has 0 aliphatic rings. The Morgan fingerprint density at radius 3 is 2.88 bits per heavy atom. The van der Waals surface area contributed by atoms with E-state index < -0.39 is 0 Å². The summed E-state index contributed by atoms with van der Waals surface area (Å²) in [6.45, 7) is 5.03. The van der Waals surface area contributed by atoms with Gasteiger partial charge in [-0.05, 0) is 19.9 Å². The summed E-state index contributed by atoms with van der Waals surface area (Å²) in [4.78, 5) is 0. The molecule has 1 aromatic rings. The van der Waals surface area contributed by atoms with E-state index in [2.05, 4.69) is 37.2 Å². The fraction of sp³-hybridized carbons (Fsp3) is 0.429. The Kier molecular flexibility index (Phi) is 4.88. The van der Waals surface area contributed by atoms with Crippen LogP contribution in [0.1, 0.15) is 30.5 Å². The first-order valence-corrected chi connectivity index (χ1v) is 5.50. The van der Waals surface area contributed by atoms with Crippen molar-refractivity contribution in [1.29, 1.82) is 0 Å². The lowest BCUT2D eigenvalue weighted by atomic mass is 10.0. The van der Waals surface area contributed by atoms with Crippen molar-refractivity contribution in [3.8, 4) is 18.1 Å². The quantitative estimate of drug-likeness (QED) is 0.605. The Hall–Kier alpha value is -1.46. The number of nitrogens with one attached hydrogen (secondary N) is 1. The summed E-state index contributed by atoms with van der Waals surface area (Å²) in [5, 5.41) is 3.38. The fourth-order valence-electron chi connectivity index (χ4n) is 1.66. The van der Waals surface area contributed by atoms with E-state index in [1.54, 1.807) is 7.11 Å². The summed E-state index contributed by atoms with van der Waals surface area (Å²) < 4.78 is 5.35. The second-order valence-corrected chi connectivity index (χ2v) is 3.88. The van der Waals surface area contributed by atoms with Crippen LogP contribution in [0.2, 0.25) is 0 Å². The maximum atomic E-state index is 5.35. The van der Waals surface area contributed by atoms with Gasteiger partial charge in [0.25, 0.3) is 0 Å². The molecular formula is C14H19NO. The zero-order valence-electron chi connectivity index (χ0n) is 10.2. The SMILES string of the molecule is C#CCCNC(C)c1cc(C)ccc1OC. The van der Waals surface area contributed by atoms with Gasteiger partial charge in [0.05, 0.1) is 7.11 Å². The monoisotopic (exact) mass is 217 g/mol. The average molecular weight is 217 g/mol. The molecule has 16 heavy (non-hydrogen) atoms. The third-order valence-electron chi connectivity index (χ3n) is 2.57. The normalized spacial score (nSPS) is 11.9. The van der Waals surface area contributed by atoms with Crippen molar-refractivity contribution in [2.24, 2.45) is 0 Å². The molecule has 0 fully saturated rings. The third kappa shape index (κ3) is 3.29. The van der Waals surface area contributed by atoms with Crippen LogP contribution in [0.3, 0.4) is 0 Å². The van der Waals surface area contributed by atoms with Crippen molar-refractivity contribution in [2.75, 3.05) is 13.7 Å². The van der Waals surface area contributed by atoms with Crippen LogP contribution in [0.25, 0.3) is 0 Å². The maximum Gasteiger partial charge on any atom is 0.123 e. The Bertz CT molecular complexity index is 379. The highest BCUT2D eigenvalue weighted by atomic mass is 16.5. The first kappa shape index (κ1) is 12.6. The molecule has 2 heteroatoms. The van der Waals surface area contributed by atoms with Crippen molar-refractivity contribution in [3.63, 3.8) is 0 Å². The Balaban J connectivity index is 2.77. The highest BCUT2D eigenvalue weighted by Crippen LogP contribution is 2.25. The maximum absolute atomic E-state index is 5.35. The van der Waals surface area contributed by atoms with Gasteiger partial charge in [-0.3, -0.25) is 0 Å². The van der Waals surface area contributed by atoms with Crippen molar-refractivity contribution in [3.05, 3.63) is 29.3 Å². The minimum absolute atomic E-state index is 0.253. The van der Waals surface area contributed by atoms with E-state index >= 15 is 0 Å². The lowest BCUT2D eigenvalue weighted by Gasteiger charge is -2.17. The molecular weight excluding hydrogens is 198 g/mol. The Morgan fingerprint density at radius 1 is 1.50 bits per heavy atom. The van der Waals surface area contributed by atoms with E-state index in [-0.39, 0.29) is 6.04 Å². The molecule has 0 heterocycles. The first-order chi connectivity index (χ1) is 7.69. The summed E-state index contributed by atoms with van der Waals surface area (Å²) in [7, 11) is 1.70. The Morgan fingerprint density at radius 2 is 2.25 bits per heavy atom. The number of rotatable bonds is 5. The van der Waals surface area contributed by atoms with Crippen LogP contribution in [0.4, 0.5) is 0 Å². The number of hydrogen-bond acceptors (Lipinski definition) is 2. The van der Waals surface area contributed by atoms with Gasteiger partial charge in [-0.15, -0.1) is 12.3 Å². The van der Waals surface area contributed by atoms with Gasteiger partial charge in [0, 0.05) is 24.6 Å². The molecule has 0 saturated carbocycles. The van der Waals surface area contributed by atoms with Gasteiger partial charge >= 0.3 is 0 Å². The van der Waals surface area contributed by atoms with Crippen molar-refractivity contribution in [1.82, 2.24) is 5.32 Å². The molecule has 0 aromatic heterocycles. The van der Waals surface area contributed by atoms with Crippen molar-refractivity contribution < 1.29 is 4.74 Å². The smallest absolute Gasteiger partial charge is 0.123 e. The number of terminal acetylenes is 1. The standard InChI is InChI=1S/C14H19NO/c1-5-6-9-15-12(3)13-10-11(2)7-8-14(13)16-4/h1,7-8,10,12,15H,6,9H2,2-4H3. The van der Waals surface area contributed by atoms with E-state index in [4.69, 9.17) is 11.2 Å². The molecule has 1 rings (SSSR count). The van der Waals surface area contributed by atoms with Gasteiger partial charge in [0.1, 0.15) is 5.75 Å². The third-order valence-corrected chi connectivity index (χ3v) is 2.57. The van der Waals surface area contributed by atoms with Crippen LogP contribution in [-0.2, 0) is 0 Å². The molecule has 0 aliphatic heterocycles. The van der Waals surface area contributed by atoms with E-state index in [0.717, 1.165) is 18.7 Å². The molecule has 0 amide bonds. The van der Waals surface area contributed by atoms with Gasteiger partial charge in [0.15, 0.2) is 0 Å². The topological polar surface area (TPSA) is 21.3 Å². The lowest BCUT2D eigenvalue weighted by Crippen LogP contribution is -2.20. The van der Waals surface area contributed by atoms with E-state index in [0.29, 0.717) is 0 Å². The largest absolute Gasteiger partial charge is 0.496 e. The predicted octanol–water partition coefficient (Wildman–Crippen LogP) is 2.68. The summed E-state index contributed by atoms with van der Waals surface area (Å²) in [6, 6.07) is 6.45. The van der Waals surface area contributed by atoms with Crippen molar-refractivity contribution >= 4 is 0 Å². The first-order valence-electron chi connectivity index (χ1n) is 5.50. The second-order valence-electron chi connectivity index (χ2n) is 3.88. The molecule has 2 nitrogen and oxygen atoms in total. The molecule has 0 spiro atoms. The molecule has 0 saturated heterocycles. The minimum Gasteiger partial charge on any atom is -0.496 e. The minimum atomic E-state index is 0.253. The van der Waals surface area contributed by atoms with E-state index in [1.165, 1.54) is 11.1 Å². The van der Waals surface area contributed by atoms with Crippen LogP contribution < -0.4 is 10.1 Å². The highest BCUT2D eigenvalue weighted by Gasteiger charge is 2.10. The molecule has 1 N–H and O–H groups in total. The van der Waals surface area contributed by atoms with Crippen LogP contribution >= 0.6 is 0 Å². The fourth-order valence-corrected chi connectivity index (χ4v) is 1.66. The molecule has 1 atom stereocenters. The molecule has 0 bridgehead atoms. The van der Waals surface area contributed by atoms with Crippen molar-refractivity contribution in [2.45, 2.75) is 26.3 Å². The summed E-state index contributed by atoms with van der Waals surface area (Å²) in [5.74, 6) is 3.54. The van der Waals surface area contributed by atoms with Crippen LogP contribution in [0.5, 0.6) is 5.75 Å². The van der Waals surface area contributed by atoms with Gasteiger partial charge in [-0.2, -0.15) is 0 Å². The molecule has 0 radical (unpaired) electrons. The summed E-state index contributed by atoms with van der Waals surface area (Å²) in [6.07, 6.45) is 5.97. The highest BCUT2D eigenvalue weighted by molar-refractivity contribution is 5.38. The lowest BCUT2D eigenvalue weighted by molar-refractivity contribution is 0.402. The predicted molar refractivity (Wildman–Crippen MR) is 67.6 cm³/mol. The summed E-state index contributed by atoms with van der Waals surface area (Å²) >= 11 is 0. The summed E-state index contributed by atoms with van der Waals surface area (Å²) in [5.41, 5.74) is 2.42. The van der Waals surface area contributed by atoms with Crippen LogP contribution in [0.15, 0.2) is 18.2 Å². The zero-order valence-corrected chi connectivity index (χ0v) is 10.2. The van der Waals surface area contributed by atoms with Gasteiger partial charge < -0.3 is 10.1 Å². The number of aryl methyl sites for hydroxylation is 1. The molecule has 1 unspecified atom stereocenters. The zero-order chi connectivity index (χ0) is 12.0. The Labute approximate surface area is 98.0 Å². The number of ether oxygens (including phenoxy) is 1. The van der Waals surface area contributed by atoms with Crippen LogP contribution in [0, 0.1) is 19.3 Å². The van der Waals surface area contributed by atoms with Gasteiger partial charge in [-0.25, -0.2) is 0 Å². The van der Waals surface area contributed by atoms with E-state index in [1.807, 2.05) is 6.07 Å². The molecule has 1 aromatic carbocycles. The van der Waals surface area contributed by atoms with E-state index in [9.17, 15) is 0 Å². The number of benzene rings is 1. The number of methoxy groups -OCH3 is 1. The molecule has 86 valence electrons. The van der Waals surface area contributed by atoms with Gasteiger partial charge in [0.2, 0.25) is 0 Å². The second kappa shape index (κ2) is 6.19. The average Bonchev–Trinajstić information content (AvgIpc) is 2.29. The molecule has 0 aliphatic carbocycles. The van der Waals surface area contributed by atoms with Crippen LogP contribution in [-0.4, -0.2) is 13.7 Å². The number of hydrogen-bond donors (Lipinski definition) is 1.